The molecule has 0 fully saturated rings. The van der Waals surface area contributed by atoms with Gasteiger partial charge < -0.3 is 15.1 Å². The second-order valence-corrected chi connectivity index (χ2v) is 11.4. The number of hydrogen-bond acceptors (Lipinski definition) is 6. The van der Waals surface area contributed by atoms with E-state index in [1.807, 2.05) is 25.1 Å². The summed E-state index contributed by atoms with van der Waals surface area (Å²) in [5, 5.41) is 6.31. The summed E-state index contributed by atoms with van der Waals surface area (Å²) < 4.78 is 6.26. The van der Waals surface area contributed by atoms with Crippen molar-refractivity contribution >= 4 is 23.5 Å². The van der Waals surface area contributed by atoms with E-state index in [1.54, 1.807) is 18.5 Å². The van der Waals surface area contributed by atoms with Gasteiger partial charge in [0, 0.05) is 41.7 Å². The molecule has 0 atom stereocenters. The van der Waals surface area contributed by atoms with Crippen molar-refractivity contribution in [1.29, 1.82) is 0 Å². The molecule has 208 valence electrons. The van der Waals surface area contributed by atoms with Gasteiger partial charge in [0.05, 0.1) is 12.1 Å². The van der Waals surface area contributed by atoms with Gasteiger partial charge in [-0.1, -0.05) is 38.5 Å². The Labute approximate surface area is 235 Å². The summed E-state index contributed by atoms with van der Waals surface area (Å²) in [6.07, 6.45) is 12.4. The lowest BCUT2D eigenvalue weighted by molar-refractivity contribution is -0.116. The third-order valence-electron chi connectivity index (χ3n) is 8.15. The maximum Gasteiger partial charge on any atom is 0.243 e. The quantitative estimate of drug-likeness (QED) is 0.194. The average molecular weight is 540 g/mol. The molecule has 7 nitrogen and oxygen atoms in total. The van der Waals surface area contributed by atoms with Crippen LogP contribution in [0.1, 0.15) is 94.7 Å². The van der Waals surface area contributed by atoms with Crippen LogP contribution in [0, 0.1) is 6.92 Å². The predicted molar refractivity (Wildman–Crippen MR) is 155 cm³/mol. The third-order valence-corrected chi connectivity index (χ3v) is 8.15. The number of rotatable bonds is 10. The average Bonchev–Trinajstić information content (AvgIpc) is 3.28. The van der Waals surface area contributed by atoms with E-state index >= 15 is 0 Å². The summed E-state index contributed by atoms with van der Waals surface area (Å²) in [7, 11) is 0. The van der Waals surface area contributed by atoms with Crippen LogP contribution in [0.5, 0.6) is 0 Å². The van der Waals surface area contributed by atoms with Crippen LogP contribution in [-0.4, -0.2) is 35.5 Å². The number of Topliss-reactive ketones (excluding diaryl/α,β-unsaturated/α-hetero) is 2. The number of carbonyl (C=O) groups excluding carboxylic acids is 3. The zero-order chi connectivity index (χ0) is 28.3. The maximum atomic E-state index is 13.3. The Balaban J connectivity index is 1.13. The first-order chi connectivity index (χ1) is 19.3. The molecule has 0 unspecified atom stereocenters. The molecule has 0 aliphatic heterocycles. The van der Waals surface area contributed by atoms with Gasteiger partial charge in [0.15, 0.2) is 0 Å². The normalized spacial score (nSPS) is 15.6. The fourth-order valence-corrected chi connectivity index (χ4v) is 5.92. The van der Waals surface area contributed by atoms with Gasteiger partial charge in [-0.15, -0.1) is 0 Å². The van der Waals surface area contributed by atoms with Crippen molar-refractivity contribution in [1.82, 2.24) is 15.6 Å². The SMILES string of the molecule is Cc1c(CNCCCCCNC(=O)/C=C/c2cccnc2)oc2c1C(=O)C(=O)c1c-2ccc2c1CCCC2(C)C. The Bertz CT molecular complexity index is 1470. The van der Waals surface area contributed by atoms with Gasteiger partial charge >= 0.3 is 0 Å². The van der Waals surface area contributed by atoms with Crippen LogP contribution < -0.4 is 10.6 Å². The van der Waals surface area contributed by atoms with Crippen molar-refractivity contribution < 1.29 is 18.8 Å². The van der Waals surface area contributed by atoms with E-state index in [0.29, 0.717) is 35.7 Å². The molecule has 0 saturated heterocycles. The lowest BCUT2D eigenvalue weighted by Crippen LogP contribution is -2.29. The Kier molecular flexibility index (Phi) is 8.12. The van der Waals surface area contributed by atoms with E-state index < -0.39 is 11.6 Å². The van der Waals surface area contributed by atoms with E-state index in [0.717, 1.165) is 67.3 Å². The predicted octanol–water partition coefficient (Wildman–Crippen LogP) is 5.73. The number of furan rings is 1. The number of amides is 1. The maximum absolute atomic E-state index is 13.3. The van der Waals surface area contributed by atoms with Gasteiger partial charge in [0.25, 0.3) is 0 Å². The number of hydrogen-bond donors (Lipinski definition) is 2. The number of fused-ring (bicyclic) bond motifs is 5. The first kappa shape index (κ1) is 27.7. The van der Waals surface area contributed by atoms with E-state index in [-0.39, 0.29) is 11.3 Å². The number of nitrogens with one attached hydrogen (secondary N) is 2. The standard InChI is InChI=1S/C33H37N3O4/c1-21-26(20-35-16-5-4-6-18-36-27(37)14-11-22-9-8-17-34-19-22)40-32-24-12-13-25-23(10-7-15-33(25,2)3)29(24)31(39)30(38)28(21)32/h8-9,11-14,17,19,35H,4-7,10,15-16,18,20H2,1-3H3,(H,36,37)/b14-11+. The molecule has 2 aliphatic carbocycles. The van der Waals surface area contributed by atoms with Gasteiger partial charge in [-0.2, -0.15) is 0 Å². The smallest absolute Gasteiger partial charge is 0.243 e. The molecular formula is C33H37N3O4. The van der Waals surface area contributed by atoms with Crippen LogP contribution in [0.25, 0.3) is 17.4 Å². The van der Waals surface area contributed by atoms with Gasteiger partial charge in [0.1, 0.15) is 11.5 Å². The molecule has 7 heteroatoms. The highest BCUT2D eigenvalue weighted by Gasteiger charge is 2.40. The Morgan fingerprint density at radius 3 is 2.67 bits per heavy atom. The molecule has 3 aromatic rings. The summed E-state index contributed by atoms with van der Waals surface area (Å²) >= 11 is 0. The molecule has 5 rings (SSSR count). The van der Waals surface area contributed by atoms with Gasteiger partial charge in [-0.25, -0.2) is 0 Å². The monoisotopic (exact) mass is 539 g/mol. The number of pyridine rings is 1. The summed E-state index contributed by atoms with van der Waals surface area (Å²) in [6, 6.07) is 7.82. The number of carbonyl (C=O) groups is 3. The van der Waals surface area contributed by atoms with Crippen molar-refractivity contribution in [2.45, 2.75) is 71.3 Å². The van der Waals surface area contributed by atoms with Crippen molar-refractivity contribution in [2.24, 2.45) is 0 Å². The van der Waals surface area contributed by atoms with Crippen molar-refractivity contribution in [3.63, 3.8) is 0 Å². The van der Waals surface area contributed by atoms with Crippen LogP contribution in [0.2, 0.25) is 0 Å². The third kappa shape index (κ3) is 5.56. The van der Waals surface area contributed by atoms with Crippen LogP contribution in [0.3, 0.4) is 0 Å². The first-order valence-electron chi connectivity index (χ1n) is 14.2. The fraction of sp³-hybridized carbons (Fsp3) is 0.394. The van der Waals surface area contributed by atoms with Gasteiger partial charge in [-0.3, -0.25) is 19.4 Å². The van der Waals surface area contributed by atoms with E-state index in [9.17, 15) is 14.4 Å². The van der Waals surface area contributed by atoms with Crippen molar-refractivity contribution in [2.75, 3.05) is 13.1 Å². The van der Waals surface area contributed by atoms with Crippen molar-refractivity contribution in [3.05, 3.63) is 81.9 Å². The van der Waals surface area contributed by atoms with Gasteiger partial charge in [-0.05, 0) is 79.8 Å². The summed E-state index contributed by atoms with van der Waals surface area (Å²) in [5.41, 5.74) is 5.53. The highest BCUT2D eigenvalue weighted by Crippen LogP contribution is 2.45. The summed E-state index contributed by atoms with van der Waals surface area (Å²) in [4.78, 5) is 42.5. The Morgan fingerprint density at radius 1 is 1.07 bits per heavy atom. The molecule has 2 heterocycles. The van der Waals surface area contributed by atoms with E-state index in [2.05, 4.69) is 35.5 Å². The summed E-state index contributed by atoms with van der Waals surface area (Å²) in [6.45, 7) is 8.17. The summed E-state index contributed by atoms with van der Waals surface area (Å²) in [5.74, 6) is 0.264. The lowest BCUT2D eigenvalue weighted by Gasteiger charge is -2.34. The second-order valence-electron chi connectivity index (χ2n) is 11.4. The van der Waals surface area contributed by atoms with Crippen LogP contribution in [-0.2, 0) is 23.2 Å². The number of aromatic nitrogens is 1. The molecular weight excluding hydrogens is 502 g/mol. The lowest BCUT2D eigenvalue weighted by atomic mass is 9.69. The minimum atomic E-state index is -0.455. The largest absolute Gasteiger partial charge is 0.459 e. The molecule has 0 bridgehead atoms. The minimum absolute atomic E-state index is 0.0106. The Morgan fingerprint density at radius 2 is 1.88 bits per heavy atom. The first-order valence-corrected chi connectivity index (χ1v) is 14.2. The molecule has 2 N–H and O–H groups in total. The molecule has 2 aliphatic rings. The number of ketones is 2. The molecule has 1 amide bonds. The molecule has 40 heavy (non-hydrogen) atoms. The molecule has 2 aromatic heterocycles. The highest BCUT2D eigenvalue weighted by atomic mass is 16.3. The van der Waals surface area contributed by atoms with Crippen LogP contribution >= 0.6 is 0 Å². The molecule has 0 radical (unpaired) electrons. The number of nitrogens with zero attached hydrogens (tertiary/aromatic N) is 1. The second kappa shape index (κ2) is 11.7. The minimum Gasteiger partial charge on any atom is -0.459 e. The highest BCUT2D eigenvalue weighted by molar-refractivity contribution is 6.53. The number of benzene rings is 1. The van der Waals surface area contributed by atoms with Crippen molar-refractivity contribution in [3.8, 4) is 11.3 Å². The van der Waals surface area contributed by atoms with Gasteiger partial charge in [0.2, 0.25) is 17.5 Å². The van der Waals surface area contributed by atoms with E-state index in [4.69, 9.17) is 4.42 Å². The fourth-order valence-electron chi connectivity index (χ4n) is 5.92. The molecule has 0 saturated carbocycles. The molecule has 0 spiro atoms. The van der Waals surface area contributed by atoms with Crippen LogP contribution in [0.4, 0.5) is 0 Å². The zero-order valence-corrected chi connectivity index (χ0v) is 23.6. The van der Waals surface area contributed by atoms with E-state index in [1.165, 1.54) is 11.6 Å². The topological polar surface area (TPSA) is 101 Å². The molecule has 1 aromatic carbocycles. The zero-order valence-electron chi connectivity index (χ0n) is 23.6. The van der Waals surface area contributed by atoms with Crippen LogP contribution in [0.15, 0.2) is 47.2 Å². The Hall–Kier alpha value is -3.84. The number of unbranched alkanes of at least 4 members (excludes halogenated alkanes) is 2.